The highest BCUT2D eigenvalue weighted by Gasteiger charge is 2.09. The molecule has 0 aliphatic rings. The number of hydrogen-bond acceptors (Lipinski definition) is 4. The Morgan fingerprint density at radius 2 is 1.89 bits per heavy atom. The van der Waals surface area contributed by atoms with Crippen molar-refractivity contribution in [2.24, 2.45) is 5.10 Å². The summed E-state index contributed by atoms with van der Waals surface area (Å²) in [5, 5.41) is 5.10. The number of benzene rings is 2. The zero-order valence-electron chi connectivity index (χ0n) is 14.6. The van der Waals surface area contributed by atoms with Gasteiger partial charge in [0.15, 0.2) is 0 Å². The van der Waals surface area contributed by atoms with Gasteiger partial charge in [-0.3, -0.25) is 0 Å². The highest BCUT2D eigenvalue weighted by atomic mass is 35.5. The van der Waals surface area contributed by atoms with Crippen LogP contribution in [-0.4, -0.2) is 15.9 Å². The lowest BCUT2D eigenvalue weighted by Crippen LogP contribution is -1.99. The molecule has 0 atom stereocenters. The van der Waals surface area contributed by atoms with Crippen LogP contribution in [0.1, 0.15) is 11.3 Å². The molecule has 2 N–H and O–H groups in total. The fourth-order valence-electron chi connectivity index (χ4n) is 2.79. The van der Waals surface area contributed by atoms with E-state index in [0.29, 0.717) is 16.7 Å². The molecule has 27 heavy (non-hydrogen) atoms. The van der Waals surface area contributed by atoms with Crippen LogP contribution in [0.2, 0.25) is 5.02 Å². The summed E-state index contributed by atoms with van der Waals surface area (Å²) in [6.07, 6.45) is 3.30. The first-order valence-corrected chi connectivity index (χ1v) is 8.78. The third-order valence-electron chi connectivity index (χ3n) is 4.13. The van der Waals surface area contributed by atoms with E-state index in [9.17, 15) is 0 Å². The van der Waals surface area contributed by atoms with Gasteiger partial charge in [-0.05, 0) is 37.3 Å². The van der Waals surface area contributed by atoms with Crippen molar-refractivity contribution in [2.75, 3.05) is 5.73 Å². The number of aromatic nitrogens is 2. The van der Waals surface area contributed by atoms with E-state index >= 15 is 0 Å². The highest BCUT2D eigenvalue weighted by Crippen LogP contribution is 2.25. The molecule has 2 aromatic heterocycles. The molecule has 0 radical (unpaired) electrons. The molecule has 134 valence electrons. The summed E-state index contributed by atoms with van der Waals surface area (Å²) < 4.78 is 7.45. The molecule has 4 rings (SSSR count). The normalized spacial score (nSPS) is 11.3. The second-order valence-electron chi connectivity index (χ2n) is 6.14. The zero-order chi connectivity index (χ0) is 18.8. The van der Waals surface area contributed by atoms with Crippen molar-refractivity contribution in [3.63, 3.8) is 0 Å². The van der Waals surface area contributed by atoms with Gasteiger partial charge in [0.05, 0.1) is 18.1 Å². The molecule has 6 heteroatoms. The van der Waals surface area contributed by atoms with Crippen molar-refractivity contribution >= 4 is 23.8 Å². The molecule has 0 saturated carbocycles. The number of nitrogen functional groups attached to an aromatic ring is 1. The summed E-state index contributed by atoms with van der Waals surface area (Å²) in [6.45, 7) is 2.05. The lowest BCUT2D eigenvalue weighted by Gasteiger charge is -2.04. The van der Waals surface area contributed by atoms with Gasteiger partial charge in [0.1, 0.15) is 11.5 Å². The summed E-state index contributed by atoms with van der Waals surface area (Å²) in [4.78, 5) is 4.15. The maximum atomic E-state index is 5.97. The average molecular weight is 377 g/mol. The van der Waals surface area contributed by atoms with Crippen LogP contribution in [0.25, 0.3) is 22.6 Å². The van der Waals surface area contributed by atoms with Crippen LogP contribution in [0.4, 0.5) is 5.95 Å². The van der Waals surface area contributed by atoms with Crippen LogP contribution in [0.15, 0.2) is 76.4 Å². The number of nitrogens with two attached hydrogens (primary N) is 1. The predicted octanol–water partition coefficient (Wildman–Crippen LogP) is 5.24. The summed E-state index contributed by atoms with van der Waals surface area (Å²) in [5.41, 5.74) is 9.86. The lowest BCUT2D eigenvalue weighted by molar-refractivity contribution is 0.574. The molecule has 0 amide bonds. The van der Waals surface area contributed by atoms with Crippen molar-refractivity contribution in [1.29, 1.82) is 0 Å². The maximum Gasteiger partial charge on any atom is 0.221 e. The zero-order valence-corrected chi connectivity index (χ0v) is 15.4. The third-order valence-corrected chi connectivity index (χ3v) is 4.39. The Morgan fingerprint density at radius 3 is 2.67 bits per heavy atom. The SMILES string of the molecule is Cc1cccc(-c2ccc(C=Nn3c(-c4ccc(Cl)cc4)cnc3N)o2)c1. The molecular formula is C21H17ClN4O. The maximum absolute atomic E-state index is 5.97. The van der Waals surface area contributed by atoms with Crippen LogP contribution in [0, 0.1) is 6.92 Å². The molecular weight excluding hydrogens is 360 g/mol. The molecule has 0 aliphatic carbocycles. The van der Waals surface area contributed by atoms with Crippen molar-refractivity contribution in [3.8, 4) is 22.6 Å². The standard InChI is InChI=1S/C21H17ClN4O/c1-14-3-2-4-16(11-14)20-10-9-18(27-20)12-25-26-19(13-24-21(26)23)15-5-7-17(22)8-6-15/h2-13H,1H3,(H2,23,24). The van der Waals surface area contributed by atoms with Crippen molar-refractivity contribution < 1.29 is 4.42 Å². The molecule has 0 aliphatic heterocycles. The highest BCUT2D eigenvalue weighted by molar-refractivity contribution is 6.30. The van der Waals surface area contributed by atoms with Crippen LogP contribution < -0.4 is 5.73 Å². The van der Waals surface area contributed by atoms with Gasteiger partial charge < -0.3 is 10.2 Å². The summed E-state index contributed by atoms with van der Waals surface area (Å²) in [7, 11) is 0. The average Bonchev–Trinajstić information content (AvgIpc) is 3.28. The Labute approximate surface area is 161 Å². The van der Waals surface area contributed by atoms with Gasteiger partial charge in [0.25, 0.3) is 0 Å². The van der Waals surface area contributed by atoms with Crippen molar-refractivity contribution in [1.82, 2.24) is 9.66 Å². The first kappa shape index (κ1) is 17.1. The fourth-order valence-corrected chi connectivity index (χ4v) is 2.92. The number of imidazole rings is 1. The Kier molecular flexibility index (Phi) is 4.52. The number of furan rings is 1. The lowest BCUT2D eigenvalue weighted by atomic mass is 10.1. The second kappa shape index (κ2) is 7.13. The summed E-state index contributed by atoms with van der Waals surface area (Å²) >= 11 is 5.96. The fraction of sp³-hybridized carbons (Fsp3) is 0.0476. The topological polar surface area (TPSA) is 69.3 Å². The molecule has 0 spiro atoms. The second-order valence-corrected chi connectivity index (χ2v) is 6.57. The number of aryl methyl sites for hydroxylation is 1. The minimum Gasteiger partial charge on any atom is -0.455 e. The smallest absolute Gasteiger partial charge is 0.221 e. The van der Waals surface area contributed by atoms with E-state index in [1.807, 2.05) is 48.5 Å². The first-order valence-electron chi connectivity index (χ1n) is 8.40. The van der Waals surface area contributed by atoms with Gasteiger partial charge >= 0.3 is 0 Å². The number of nitrogens with zero attached hydrogens (tertiary/aromatic N) is 3. The molecule has 4 aromatic rings. The van der Waals surface area contributed by atoms with Gasteiger partial charge in [-0.2, -0.15) is 9.78 Å². The molecule has 0 saturated heterocycles. The molecule has 0 unspecified atom stereocenters. The van der Waals surface area contributed by atoms with E-state index in [1.54, 1.807) is 17.1 Å². The number of rotatable bonds is 4. The Bertz CT molecular complexity index is 1110. The summed E-state index contributed by atoms with van der Waals surface area (Å²) in [6, 6.07) is 19.4. The van der Waals surface area contributed by atoms with Crippen LogP contribution >= 0.6 is 11.6 Å². The minimum atomic E-state index is 0.293. The largest absolute Gasteiger partial charge is 0.455 e. The van der Waals surface area contributed by atoms with E-state index in [1.165, 1.54) is 5.56 Å². The van der Waals surface area contributed by atoms with Gasteiger partial charge in [0, 0.05) is 16.1 Å². The molecule has 0 bridgehead atoms. The predicted molar refractivity (Wildman–Crippen MR) is 109 cm³/mol. The number of halogens is 1. The number of anilines is 1. The van der Waals surface area contributed by atoms with E-state index in [4.69, 9.17) is 21.8 Å². The Hall–Kier alpha value is -3.31. The van der Waals surface area contributed by atoms with Gasteiger partial charge in [0.2, 0.25) is 5.95 Å². The Morgan fingerprint density at radius 1 is 1.07 bits per heavy atom. The van der Waals surface area contributed by atoms with Crippen LogP contribution in [-0.2, 0) is 0 Å². The quantitative estimate of drug-likeness (QED) is 0.495. The van der Waals surface area contributed by atoms with Gasteiger partial charge in [-0.25, -0.2) is 4.98 Å². The molecule has 2 heterocycles. The van der Waals surface area contributed by atoms with Crippen molar-refractivity contribution in [2.45, 2.75) is 6.92 Å². The minimum absolute atomic E-state index is 0.293. The summed E-state index contributed by atoms with van der Waals surface area (Å²) in [5.74, 6) is 1.71. The third kappa shape index (κ3) is 3.64. The monoisotopic (exact) mass is 376 g/mol. The Balaban J connectivity index is 1.63. The first-order chi connectivity index (χ1) is 13.1. The van der Waals surface area contributed by atoms with Crippen LogP contribution in [0.3, 0.4) is 0 Å². The van der Waals surface area contributed by atoms with E-state index in [2.05, 4.69) is 29.1 Å². The number of hydrogen-bond donors (Lipinski definition) is 1. The van der Waals surface area contributed by atoms with Crippen LogP contribution in [0.5, 0.6) is 0 Å². The van der Waals surface area contributed by atoms with Gasteiger partial charge in [-0.15, -0.1) is 0 Å². The van der Waals surface area contributed by atoms with E-state index in [-0.39, 0.29) is 0 Å². The molecule has 5 nitrogen and oxygen atoms in total. The molecule has 0 fully saturated rings. The molecule has 2 aromatic carbocycles. The van der Waals surface area contributed by atoms with E-state index in [0.717, 1.165) is 22.6 Å². The van der Waals surface area contributed by atoms with E-state index < -0.39 is 0 Å². The van der Waals surface area contributed by atoms with Gasteiger partial charge in [-0.1, -0.05) is 47.5 Å². The van der Waals surface area contributed by atoms with Crippen molar-refractivity contribution in [3.05, 3.63) is 83.2 Å².